The summed E-state index contributed by atoms with van der Waals surface area (Å²) in [7, 11) is 0. The zero-order valence-corrected chi connectivity index (χ0v) is 34.0. The Balaban J connectivity index is 0.947. The Hall–Kier alpha value is -6.96. The fourth-order valence-electron chi connectivity index (χ4n) is 10.0. The molecule has 0 amide bonds. The molecule has 0 saturated carbocycles. The Kier molecular flexibility index (Phi) is 7.94. The van der Waals surface area contributed by atoms with E-state index < -0.39 is 0 Å². The van der Waals surface area contributed by atoms with Crippen LogP contribution in [0.1, 0.15) is 49.9 Å². The third kappa shape index (κ3) is 5.68. The first-order chi connectivity index (χ1) is 28.7. The largest absolute Gasteiger partial charge is 0.310 e. The van der Waals surface area contributed by atoms with E-state index in [9.17, 15) is 0 Å². The molecule has 2 aliphatic carbocycles. The molecule has 0 aromatic heterocycles. The number of rotatable bonds is 6. The van der Waals surface area contributed by atoms with Crippen molar-refractivity contribution < 1.29 is 0 Å². The van der Waals surface area contributed by atoms with Gasteiger partial charge >= 0.3 is 0 Å². The highest BCUT2D eigenvalue weighted by Gasteiger charge is 2.37. The quantitative estimate of drug-likeness (QED) is 0.163. The maximum Gasteiger partial charge on any atom is 0.0465 e. The monoisotopic (exact) mass is 755 g/mol. The van der Waals surface area contributed by atoms with E-state index in [0.29, 0.717) is 0 Å². The number of hydrogen-bond donors (Lipinski definition) is 0. The van der Waals surface area contributed by atoms with E-state index in [1.807, 2.05) is 0 Å². The first kappa shape index (κ1) is 35.2. The van der Waals surface area contributed by atoms with Gasteiger partial charge in [-0.1, -0.05) is 179 Å². The third-order valence-corrected chi connectivity index (χ3v) is 13.3. The van der Waals surface area contributed by atoms with Crippen molar-refractivity contribution in [3.8, 4) is 55.6 Å². The van der Waals surface area contributed by atoms with E-state index in [0.717, 1.165) is 5.69 Å². The van der Waals surface area contributed by atoms with E-state index in [1.54, 1.807) is 0 Å². The molecule has 2 aliphatic rings. The maximum atomic E-state index is 2.45. The Morgan fingerprint density at radius 1 is 0.271 bits per heavy atom. The predicted octanol–water partition coefficient (Wildman–Crippen LogP) is 15.9. The van der Waals surface area contributed by atoms with E-state index >= 15 is 0 Å². The van der Waals surface area contributed by atoms with Gasteiger partial charge in [-0.05, 0) is 137 Å². The molecule has 0 fully saturated rings. The molecule has 0 aliphatic heterocycles. The molecule has 0 atom stereocenters. The molecule has 11 rings (SSSR count). The van der Waals surface area contributed by atoms with Crippen LogP contribution in [0.4, 0.5) is 17.1 Å². The van der Waals surface area contributed by atoms with Gasteiger partial charge in [0.2, 0.25) is 0 Å². The maximum absolute atomic E-state index is 2.45. The molecule has 1 nitrogen and oxygen atoms in total. The summed E-state index contributed by atoms with van der Waals surface area (Å²) in [4.78, 5) is 2.45. The van der Waals surface area contributed by atoms with E-state index in [-0.39, 0.29) is 10.8 Å². The second kappa shape index (κ2) is 13.3. The van der Waals surface area contributed by atoms with Crippen molar-refractivity contribution in [3.05, 3.63) is 222 Å². The van der Waals surface area contributed by atoms with Gasteiger partial charge < -0.3 is 4.90 Å². The Labute approximate surface area is 347 Å². The van der Waals surface area contributed by atoms with Crippen LogP contribution >= 0.6 is 0 Å². The highest BCUT2D eigenvalue weighted by molar-refractivity contribution is 5.90. The SMILES string of the molecule is CC1(C)c2ccccc2-c2ccc(N(c3ccc(-c4ccc(-c5cccc(-c6ccc7ccccc7c6)c5)cc4)cc3)c3ccc4c(c3)C(C)(C)c3ccccc3-4)cc21. The number of benzene rings is 9. The smallest absolute Gasteiger partial charge is 0.0465 e. The molecule has 0 radical (unpaired) electrons. The Bertz CT molecular complexity index is 2980. The van der Waals surface area contributed by atoms with Gasteiger partial charge in [-0.3, -0.25) is 0 Å². The molecule has 9 aromatic rings. The van der Waals surface area contributed by atoms with E-state index in [1.165, 1.54) is 100 Å². The molecule has 0 saturated heterocycles. The van der Waals surface area contributed by atoms with Crippen LogP contribution in [0.15, 0.2) is 200 Å². The van der Waals surface area contributed by atoms with Gasteiger partial charge in [0.05, 0.1) is 0 Å². The molecule has 0 spiro atoms. The van der Waals surface area contributed by atoms with Crippen LogP contribution in [0.5, 0.6) is 0 Å². The summed E-state index contributed by atoms with van der Waals surface area (Å²) < 4.78 is 0. The molecule has 0 bridgehead atoms. The summed E-state index contributed by atoms with van der Waals surface area (Å²) >= 11 is 0. The van der Waals surface area contributed by atoms with E-state index in [2.05, 4.69) is 233 Å². The molecule has 0 unspecified atom stereocenters. The minimum atomic E-state index is -0.0943. The Morgan fingerprint density at radius 3 is 1.25 bits per heavy atom. The first-order valence-corrected chi connectivity index (χ1v) is 20.8. The fraction of sp³-hybridized carbons (Fsp3) is 0.103. The summed E-state index contributed by atoms with van der Waals surface area (Å²) in [5.41, 5.74) is 21.4. The van der Waals surface area contributed by atoms with Crippen LogP contribution in [0.2, 0.25) is 0 Å². The van der Waals surface area contributed by atoms with Gasteiger partial charge in [0.1, 0.15) is 0 Å². The van der Waals surface area contributed by atoms with Crippen molar-refractivity contribution in [1.29, 1.82) is 0 Å². The molecule has 59 heavy (non-hydrogen) atoms. The molecule has 1 heteroatoms. The second-order valence-electron chi connectivity index (χ2n) is 17.4. The third-order valence-electron chi connectivity index (χ3n) is 13.3. The van der Waals surface area contributed by atoms with Gasteiger partial charge in [0.25, 0.3) is 0 Å². The normalized spacial score (nSPS) is 14.0. The lowest BCUT2D eigenvalue weighted by atomic mass is 9.82. The lowest BCUT2D eigenvalue weighted by Gasteiger charge is -2.30. The molecule has 0 heterocycles. The van der Waals surface area contributed by atoms with Crippen LogP contribution < -0.4 is 4.90 Å². The van der Waals surface area contributed by atoms with Gasteiger partial charge in [0, 0.05) is 27.9 Å². The lowest BCUT2D eigenvalue weighted by Crippen LogP contribution is -2.18. The summed E-state index contributed by atoms with van der Waals surface area (Å²) in [6.07, 6.45) is 0. The van der Waals surface area contributed by atoms with Crippen molar-refractivity contribution in [2.24, 2.45) is 0 Å². The van der Waals surface area contributed by atoms with Gasteiger partial charge in [-0.25, -0.2) is 0 Å². The second-order valence-corrected chi connectivity index (χ2v) is 17.4. The fourth-order valence-corrected chi connectivity index (χ4v) is 10.0. The predicted molar refractivity (Wildman–Crippen MR) is 250 cm³/mol. The topological polar surface area (TPSA) is 3.24 Å². The zero-order valence-electron chi connectivity index (χ0n) is 34.0. The summed E-state index contributed by atoms with van der Waals surface area (Å²) in [5, 5.41) is 2.53. The van der Waals surface area contributed by atoms with Crippen molar-refractivity contribution in [2.45, 2.75) is 38.5 Å². The van der Waals surface area contributed by atoms with Crippen LogP contribution in [0.25, 0.3) is 66.4 Å². The highest BCUT2D eigenvalue weighted by Crippen LogP contribution is 2.53. The molecular formula is C58H45N. The van der Waals surface area contributed by atoms with Crippen LogP contribution in [-0.4, -0.2) is 0 Å². The van der Waals surface area contributed by atoms with Crippen molar-refractivity contribution in [2.75, 3.05) is 4.90 Å². The highest BCUT2D eigenvalue weighted by atomic mass is 15.1. The number of fused-ring (bicyclic) bond motifs is 7. The molecular weight excluding hydrogens is 711 g/mol. The van der Waals surface area contributed by atoms with E-state index in [4.69, 9.17) is 0 Å². The first-order valence-electron chi connectivity index (χ1n) is 20.8. The standard InChI is InChI=1S/C58H45N/c1-57(2)53-18-9-7-16-49(53)51-32-30-47(36-55(51)57)59(48-31-33-52-50-17-8-10-19-54(50)58(3,4)56(52)37-48)46-28-26-40(27-29-46)39-20-22-41(23-21-39)43-14-11-15-44(34-43)45-25-24-38-12-5-6-13-42(38)35-45/h5-37H,1-4H3. The molecule has 282 valence electrons. The summed E-state index contributed by atoms with van der Waals surface area (Å²) in [5.74, 6) is 0. The van der Waals surface area contributed by atoms with Gasteiger partial charge in [0.15, 0.2) is 0 Å². The van der Waals surface area contributed by atoms with Gasteiger partial charge in [-0.2, -0.15) is 0 Å². The van der Waals surface area contributed by atoms with Crippen molar-refractivity contribution in [3.63, 3.8) is 0 Å². The van der Waals surface area contributed by atoms with Gasteiger partial charge in [-0.15, -0.1) is 0 Å². The molecule has 9 aromatic carbocycles. The number of anilines is 3. The van der Waals surface area contributed by atoms with Crippen molar-refractivity contribution in [1.82, 2.24) is 0 Å². The lowest BCUT2D eigenvalue weighted by molar-refractivity contribution is 0.660. The van der Waals surface area contributed by atoms with Crippen LogP contribution in [-0.2, 0) is 10.8 Å². The Morgan fingerprint density at radius 2 is 0.678 bits per heavy atom. The minimum absolute atomic E-state index is 0.0943. The minimum Gasteiger partial charge on any atom is -0.310 e. The van der Waals surface area contributed by atoms with Crippen molar-refractivity contribution >= 4 is 27.8 Å². The molecule has 0 N–H and O–H groups in total. The summed E-state index contributed by atoms with van der Waals surface area (Å²) in [6.45, 7) is 9.45. The number of nitrogens with zero attached hydrogens (tertiary/aromatic N) is 1. The van der Waals surface area contributed by atoms with Crippen LogP contribution in [0.3, 0.4) is 0 Å². The average Bonchev–Trinajstić information content (AvgIpc) is 3.65. The zero-order chi connectivity index (χ0) is 39.9. The summed E-state index contributed by atoms with van der Waals surface area (Å²) in [6, 6.07) is 74.3. The average molecular weight is 756 g/mol. The number of hydrogen-bond acceptors (Lipinski definition) is 1. The van der Waals surface area contributed by atoms with Crippen LogP contribution in [0, 0.1) is 0 Å².